The molecule has 0 fully saturated rings. The van der Waals surface area contributed by atoms with Gasteiger partial charge in [-0.3, -0.25) is 0 Å². The summed E-state index contributed by atoms with van der Waals surface area (Å²) in [6.07, 6.45) is 5.81. The third kappa shape index (κ3) is 2.55. The quantitative estimate of drug-likeness (QED) is 0.872. The average Bonchev–Trinajstić information content (AvgIpc) is 2.66. The van der Waals surface area contributed by atoms with Gasteiger partial charge in [-0.25, -0.2) is 0 Å². The predicted molar refractivity (Wildman–Crippen MR) is 79.4 cm³/mol. The predicted octanol–water partition coefficient (Wildman–Crippen LogP) is 3.90. The van der Waals surface area contributed by atoms with Crippen LogP contribution in [-0.2, 0) is 13.0 Å². The van der Waals surface area contributed by atoms with Crippen molar-refractivity contribution in [2.75, 3.05) is 6.54 Å². The van der Waals surface area contributed by atoms with Gasteiger partial charge in [-0.2, -0.15) is 0 Å². The van der Waals surface area contributed by atoms with Crippen molar-refractivity contribution < 1.29 is 0 Å². The molecule has 0 aliphatic rings. The number of hydrogen-bond acceptors (Lipinski definition) is 1. The van der Waals surface area contributed by atoms with E-state index < -0.39 is 0 Å². The number of hydrogen-bond donors (Lipinski definition) is 1. The molecule has 98 valence electrons. The summed E-state index contributed by atoms with van der Waals surface area (Å²) in [4.78, 5) is 0. The zero-order valence-electron chi connectivity index (χ0n) is 11.2. The summed E-state index contributed by atoms with van der Waals surface area (Å²) in [6.45, 7) is 5.79. The van der Waals surface area contributed by atoms with Crippen molar-refractivity contribution in [2.45, 2.75) is 39.7 Å². The fraction of sp³-hybridized carbons (Fsp3) is 0.467. The van der Waals surface area contributed by atoms with Gasteiger partial charge in [-0.05, 0) is 43.0 Å². The number of benzene rings is 1. The van der Waals surface area contributed by atoms with Crippen LogP contribution < -0.4 is 5.73 Å². The monoisotopic (exact) mass is 264 g/mol. The summed E-state index contributed by atoms with van der Waals surface area (Å²) in [5.41, 5.74) is 9.45. The Morgan fingerprint density at radius 1 is 1.33 bits per heavy atom. The van der Waals surface area contributed by atoms with Crippen LogP contribution in [0.25, 0.3) is 10.9 Å². The third-order valence-electron chi connectivity index (χ3n) is 3.41. The molecule has 1 aromatic carbocycles. The van der Waals surface area contributed by atoms with Crippen molar-refractivity contribution >= 4 is 22.5 Å². The Kier molecular flexibility index (Phi) is 4.31. The van der Waals surface area contributed by atoms with E-state index in [1.807, 2.05) is 0 Å². The Bertz CT molecular complexity index is 543. The molecule has 18 heavy (non-hydrogen) atoms. The normalized spacial score (nSPS) is 11.3. The molecule has 0 spiro atoms. The minimum atomic E-state index is 0.655. The lowest BCUT2D eigenvalue weighted by molar-refractivity contribution is 0.726. The molecule has 0 amide bonds. The van der Waals surface area contributed by atoms with Crippen LogP contribution in [-0.4, -0.2) is 11.1 Å². The van der Waals surface area contributed by atoms with Crippen molar-refractivity contribution in [1.82, 2.24) is 4.57 Å². The van der Waals surface area contributed by atoms with Gasteiger partial charge in [0.25, 0.3) is 0 Å². The van der Waals surface area contributed by atoms with Crippen LogP contribution in [0, 0.1) is 6.92 Å². The second-order valence-corrected chi connectivity index (χ2v) is 5.27. The smallest absolute Gasteiger partial charge is 0.0498 e. The van der Waals surface area contributed by atoms with E-state index in [1.54, 1.807) is 0 Å². The standard InChI is InChI=1S/C15H21ClN2/c1-3-4-5-12-10-18(7-6-17)15-9-14(16)11(2)8-13(12)15/h8-10H,3-7,17H2,1-2H3. The van der Waals surface area contributed by atoms with E-state index in [0.29, 0.717) is 6.54 Å². The number of rotatable bonds is 5. The Morgan fingerprint density at radius 2 is 2.11 bits per heavy atom. The first-order chi connectivity index (χ1) is 8.67. The first-order valence-electron chi connectivity index (χ1n) is 6.65. The van der Waals surface area contributed by atoms with Crippen molar-refractivity contribution in [3.8, 4) is 0 Å². The van der Waals surface area contributed by atoms with Crippen molar-refractivity contribution in [3.63, 3.8) is 0 Å². The Hall–Kier alpha value is -0.990. The highest BCUT2D eigenvalue weighted by atomic mass is 35.5. The number of aryl methyl sites for hydroxylation is 2. The van der Waals surface area contributed by atoms with E-state index in [9.17, 15) is 0 Å². The first-order valence-corrected chi connectivity index (χ1v) is 7.03. The van der Waals surface area contributed by atoms with Crippen LogP contribution in [0.2, 0.25) is 5.02 Å². The molecule has 2 N–H and O–H groups in total. The van der Waals surface area contributed by atoms with Gasteiger partial charge in [0.15, 0.2) is 0 Å². The van der Waals surface area contributed by atoms with E-state index in [0.717, 1.165) is 23.6 Å². The zero-order valence-corrected chi connectivity index (χ0v) is 11.9. The highest BCUT2D eigenvalue weighted by Crippen LogP contribution is 2.28. The minimum absolute atomic E-state index is 0.655. The zero-order chi connectivity index (χ0) is 13.1. The maximum absolute atomic E-state index is 6.23. The van der Waals surface area contributed by atoms with Crippen LogP contribution in [0.5, 0.6) is 0 Å². The molecule has 1 aromatic heterocycles. The number of unbranched alkanes of at least 4 members (excludes halogenated alkanes) is 1. The molecule has 0 aliphatic heterocycles. The lowest BCUT2D eigenvalue weighted by atomic mass is 10.1. The van der Waals surface area contributed by atoms with Crippen LogP contribution in [0.1, 0.15) is 30.9 Å². The largest absolute Gasteiger partial charge is 0.346 e. The number of aromatic nitrogens is 1. The van der Waals surface area contributed by atoms with Crippen molar-refractivity contribution in [2.24, 2.45) is 5.73 Å². The Morgan fingerprint density at radius 3 is 2.78 bits per heavy atom. The molecule has 0 saturated carbocycles. The number of fused-ring (bicyclic) bond motifs is 1. The Labute approximate surface area is 114 Å². The summed E-state index contributed by atoms with van der Waals surface area (Å²) in [5, 5.41) is 2.17. The summed E-state index contributed by atoms with van der Waals surface area (Å²) < 4.78 is 2.23. The molecule has 0 unspecified atom stereocenters. The summed E-state index contributed by atoms with van der Waals surface area (Å²) >= 11 is 6.23. The molecule has 0 aliphatic carbocycles. The number of nitrogens with two attached hydrogens (primary N) is 1. The van der Waals surface area contributed by atoms with E-state index in [4.69, 9.17) is 17.3 Å². The molecular weight excluding hydrogens is 244 g/mol. The second kappa shape index (κ2) is 5.77. The molecule has 0 saturated heterocycles. The van der Waals surface area contributed by atoms with E-state index >= 15 is 0 Å². The SMILES string of the molecule is CCCCc1cn(CCN)c2cc(Cl)c(C)cc12. The van der Waals surface area contributed by atoms with Crippen LogP contribution in [0.3, 0.4) is 0 Å². The van der Waals surface area contributed by atoms with Gasteiger partial charge < -0.3 is 10.3 Å². The fourth-order valence-corrected chi connectivity index (χ4v) is 2.54. The topological polar surface area (TPSA) is 30.9 Å². The van der Waals surface area contributed by atoms with Crippen molar-refractivity contribution in [3.05, 3.63) is 34.5 Å². The average molecular weight is 265 g/mol. The van der Waals surface area contributed by atoms with Crippen LogP contribution >= 0.6 is 11.6 Å². The van der Waals surface area contributed by atoms with Crippen LogP contribution in [0.4, 0.5) is 0 Å². The lowest BCUT2D eigenvalue weighted by Crippen LogP contribution is -2.08. The molecule has 0 bridgehead atoms. The number of nitrogens with zero attached hydrogens (tertiary/aromatic N) is 1. The first kappa shape index (κ1) is 13.4. The van der Waals surface area contributed by atoms with Gasteiger partial charge in [-0.15, -0.1) is 0 Å². The molecule has 3 heteroatoms. The Balaban J connectivity index is 2.53. The lowest BCUT2D eigenvalue weighted by Gasteiger charge is -2.04. The molecule has 2 nitrogen and oxygen atoms in total. The van der Waals surface area contributed by atoms with E-state index in [1.165, 1.54) is 29.3 Å². The van der Waals surface area contributed by atoms with Crippen molar-refractivity contribution in [1.29, 1.82) is 0 Å². The van der Waals surface area contributed by atoms with Gasteiger partial charge in [0.2, 0.25) is 0 Å². The molecule has 1 heterocycles. The third-order valence-corrected chi connectivity index (χ3v) is 3.82. The molecule has 0 radical (unpaired) electrons. The highest BCUT2D eigenvalue weighted by molar-refractivity contribution is 6.32. The van der Waals surface area contributed by atoms with Gasteiger partial charge in [0.1, 0.15) is 0 Å². The summed E-state index contributed by atoms with van der Waals surface area (Å²) in [6, 6.07) is 4.27. The number of halogens is 1. The molecular formula is C15H21ClN2. The maximum atomic E-state index is 6.23. The highest BCUT2D eigenvalue weighted by Gasteiger charge is 2.10. The van der Waals surface area contributed by atoms with Gasteiger partial charge in [0.05, 0.1) is 0 Å². The summed E-state index contributed by atoms with van der Waals surface area (Å²) in [7, 11) is 0. The van der Waals surface area contributed by atoms with Crippen LogP contribution in [0.15, 0.2) is 18.3 Å². The molecule has 2 rings (SSSR count). The van der Waals surface area contributed by atoms with Gasteiger partial charge >= 0.3 is 0 Å². The van der Waals surface area contributed by atoms with Gasteiger partial charge in [-0.1, -0.05) is 24.9 Å². The second-order valence-electron chi connectivity index (χ2n) is 4.86. The molecule has 0 atom stereocenters. The maximum Gasteiger partial charge on any atom is 0.0498 e. The van der Waals surface area contributed by atoms with Gasteiger partial charge in [0, 0.05) is 35.2 Å². The molecule has 2 aromatic rings. The van der Waals surface area contributed by atoms with E-state index in [-0.39, 0.29) is 0 Å². The fourth-order valence-electron chi connectivity index (χ4n) is 2.38. The minimum Gasteiger partial charge on any atom is -0.346 e. The summed E-state index contributed by atoms with van der Waals surface area (Å²) in [5.74, 6) is 0. The van der Waals surface area contributed by atoms with E-state index in [2.05, 4.69) is 36.7 Å².